The number of likely N-dealkylation sites (tertiary alicyclic amines) is 1. The van der Waals surface area contributed by atoms with E-state index in [0.29, 0.717) is 44.6 Å². The number of carbonyl (C=O) groups is 2. The predicted molar refractivity (Wildman–Crippen MR) is 137 cm³/mol. The zero-order valence-corrected chi connectivity index (χ0v) is 21.3. The molecule has 6 rings (SSSR count). The molecule has 1 aromatic heterocycles. The van der Waals surface area contributed by atoms with Gasteiger partial charge in [0.2, 0.25) is 5.91 Å². The number of thiazole rings is 1. The molecule has 1 saturated carbocycles. The molecule has 4 heterocycles. The Kier molecular flexibility index (Phi) is 5.81. The molecule has 3 saturated heterocycles. The topological polar surface area (TPSA) is 80.8 Å². The lowest BCUT2D eigenvalue weighted by Gasteiger charge is -2.44. The molecule has 0 bridgehead atoms. The van der Waals surface area contributed by atoms with E-state index in [1.807, 2.05) is 41.8 Å². The molecule has 8 nitrogen and oxygen atoms in total. The fraction of sp³-hybridized carbons (Fsp3) is 0.577. The Labute approximate surface area is 210 Å². The lowest BCUT2D eigenvalue weighted by Crippen LogP contribution is -2.58. The van der Waals surface area contributed by atoms with Crippen molar-refractivity contribution < 1.29 is 9.59 Å². The Balaban J connectivity index is 1.23. The molecule has 2 aromatic rings. The summed E-state index contributed by atoms with van der Waals surface area (Å²) >= 11 is 1.58. The number of hydrazine groups is 1. The van der Waals surface area contributed by atoms with Crippen LogP contribution >= 0.6 is 11.3 Å². The van der Waals surface area contributed by atoms with Crippen molar-refractivity contribution in [1.29, 1.82) is 0 Å². The second-order valence-electron chi connectivity index (χ2n) is 10.5. The number of para-hydroxylation sites is 1. The molecule has 3 aliphatic heterocycles. The first-order valence-corrected chi connectivity index (χ1v) is 13.6. The van der Waals surface area contributed by atoms with E-state index >= 15 is 0 Å². The Morgan fingerprint density at radius 2 is 1.91 bits per heavy atom. The maximum Gasteiger partial charge on any atom is 0.255 e. The number of nitrogens with zero attached hydrogens (tertiary/aromatic N) is 4. The van der Waals surface area contributed by atoms with Crippen molar-refractivity contribution in [3.05, 3.63) is 41.0 Å². The van der Waals surface area contributed by atoms with Gasteiger partial charge < -0.3 is 9.80 Å². The predicted octanol–water partition coefficient (Wildman–Crippen LogP) is 2.82. The molecule has 1 spiro atoms. The maximum atomic E-state index is 14.1. The minimum atomic E-state index is -0.626. The van der Waals surface area contributed by atoms with Crippen LogP contribution in [-0.2, 0) is 9.59 Å². The third-order valence-electron chi connectivity index (χ3n) is 8.52. The summed E-state index contributed by atoms with van der Waals surface area (Å²) in [6.07, 6.45) is 4.26. The lowest BCUT2D eigenvalue weighted by atomic mass is 9.77. The van der Waals surface area contributed by atoms with Crippen LogP contribution in [0.25, 0.3) is 0 Å². The molecule has 186 valence electrons. The number of fused-ring (bicyclic) bond motifs is 1. The third kappa shape index (κ3) is 3.84. The number of rotatable bonds is 3. The van der Waals surface area contributed by atoms with Gasteiger partial charge in [-0.3, -0.25) is 25.3 Å². The number of anilines is 2. The normalized spacial score (nSPS) is 28.1. The second kappa shape index (κ2) is 8.87. The van der Waals surface area contributed by atoms with Gasteiger partial charge in [0.15, 0.2) is 0 Å². The summed E-state index contributed by atoms with van der Waals surface area (Å²) in [5, 5.41) is 1.92. The molecule has 1 aromatic carbocycles. The monoisotopic (exact) mass is 494 g/mol. The van der Waals surface area contributed by atoms with Crippen LogP contribution in [0.15, 0.2) is 30.3 Å². The van der Waals surface area contributed by atoms with E-state index in [0.717, 1.165) is 47.2 Å². The highest BCUT2D eigenvalue weighted by Crippen LogP contribution is 2.43. The van der Waals surface area contributed by atoms with Crippen molar-refractivity contribution in [1.82, 2.24) is 20.7 Å². The van der Waals surface area contributed by atoms with Gasteiger partial charge in [0.05, 0.1) is 17.4 Å². The summed E-state index contributed by atoms with van der Waals surface area (Å²) in [4.78, 5) is 38.4. The number of piperidine rings is 1. The van der Waals surface area contributed by atoms with E-state index < -0.39 is 5.54 Å². The summed E-state index contributed by atoms with van der Waals surface area (Å²) < 4.78 is 0. The van der Waals surface area contributed by atoms with E-state index in [1.54, 1.807) is 11.3 Å². The van der Waals surface area contributed by atoms with Gasteiger partial charge in [-0.2, -0.15) is 0 Å². The summed E-state index contributed by atoms with van der Waals surface area (Å²) in [6.45, 7) is 6.69. The van der Waals surface area contributed by atoms with Gasteiger partial charge >= 0.3 is 0 Å². The molecule has 2 N–H and O–H groups in total. The fourth-order valence-corrected chi connectivity index (χ4v) is 7.54. The first-order valence-electron chi connectivity index (χ1n) is 12.8. The number of aromatic nitrogens is 1. The minimum absolute atomic E-state index is 0.107. The van der Waals surface area contributed by atoms with Gasteiger partial charge in [-0.25, -0.2) is 4.98 Å². The van der Waals surface area contributed by atoms with Gasteiger partial charge in [-0.1, -0.05) is 18.2 Å². The highest BCUT2D eigenvalue weighted by Gasteiger charge is 2.55. The van der Waals surface area contributed by atoms with Crippen molar-refractivity contribution in [2.45, 2.75) is 57.5 Å². The van der Waals surface area contributed by atoms with E-state index in [2.05, 4.69) is 32.9 Å². The van der Waals surface area contributed by atoms with Crippen molar-refractivity contribution in [2.75, 3.05) is 36.1 Å². The summed E-state index contributed by atoms with van der Waals surface area (Å²) in [7, 11) is 0. The van der Waals surface area contributed by atoms with E-state index in [4.69, 9.17) is 0 Å². The van der Waals surface area contributed by atoms with Crippen LogP contribution < -0.4 is 20.7 Å². The number of nitrogens with one attached hydrogen (secondary N) is 2. The van der Waals surface area contributed by atoms with Crippen LogP contribution in [0.2, 0.25) is 0 Å². The molecule has 2 amide bonds. The van der Waals surface area contributed by atoms with Crippen molar-refractivity contribution in [3.63, 3.8) is 0 Å². The Morgan fingerprint density at radius 3 is 2.63 bits per heavy atom. The molecular weight excluding hydrogens is 460 g/mol. The highest BCUT2D eigenvalue weighted by molar-refractivity contribution is 7.16. The quantitative estimate of drug-likeness (QED) is 0.683. The average molecular weight is 495 g/mol. The number of hydrogen-bond donors (Lipinski definition) is 2. The number of carbonyl (C=O) groups excluding carboxylic acids is 2. The van der Waals surface area contributed by atoms with E-state index in [-0.39, 0.29) is 17.7 Å². The lowest BCUT2D eigenvalue weighted by molar-refractivity contribution is -0.140. The van der Waals surface area contributed by atoms with Gasteiger partial charge in [0.25, 0.3) is 5.91 Å². The first-order chi connectivity index (χ1) is 17.0. The zero-order chi connectivity index (χ0) is 24.2. The average Bonchev–Trinajstić information content (AvgIpc) is 3.56. The summed E-state index contributed by atoms with van der Waals surface area (Å²) in [6, 6.07) is 10.7. The number of benzene rings is 1. The second-order valence-corrected chi connectivity index (χ2v) is 11.7. The van der Waals surface area contributed by atoms with Crippen LogP contribution in [0.1, 0.15) is 42.8 Å². The number of aryl methyl sites for hydroxylation is 2. The molecule has 1 aliphatic carbocycles. The largest absolute Gasteiger partial charge is 0.342 e. The molecule has 4 fully saturated rings. The summed E-state index contributed by atoms with van der Waals surface area (Å²) in [5.74, 6) is 1.07. The maximum absolute atomic E-state index is 14.1. The van der Waals surface area contributed by atoms with Crippen LogP contribution in [-0.4, -0.2) is 59.6 Å². The molecule has 35 heavy (non-hydrogen) atoms. The Morgan fingerprint density at radius 1 is 1.14 bits per heavy atom. The van der Waals surface area contributed by atoms with Gasteiger partial charge in [-0.05, 0) is 64.0 Å². The van der Waals surface area contributed by atoms with Crippen LogP contribution in [0.5, 0.6) is 0 Å². The molecule has 0 radical (unpaired) electrons. The Hall–Kier alpha value is -2.49. The van der Waals surface area contributed by atoms with Crippen molar-refractivity contribution in [2.24, 2.45) is 11.8 Å². The van der Waals surface area contributed by atoms with Gasteiger partial charge in [0.1, 0.15) is 10.5 Å². The summed E-state index contributed by atoms with van der Waals surface area (Å²) in [5.41, 5.74) is 7.95. The minimum Gasteiger partial charge on any atom is -0.342 e. The molecule has 3 atom stereocenters. The Bertz CT molecular complexity index is 1110. The molecule has 3 unspecified atom stereocenters. The van der Waals surface area contributed by atoms with Crippen molar-refractivity contribution in [3.8, 4) is 0 Å². The fourth-order valence-electron chi connectivity index (χ4n) is 6.64. The first kappa shape index (κ1) is 22.9. The standard InChI is InChI=1S/C26H34N6O2S/c1-17-24(35-18(2)28-17)31-16-32(21-6-4-3-5-7-21)26(25(31)34)10-12-30(13-11-26)23(33)19-8-9-22-20(14-19)15-27-29-22/h3-7,19-20,22,27,29H,8-16H2,1-2H3. The molecule has 9 heteroatoms. The number of hydrogen-bond acceptors (Lipinski definition) is 7. The number of amides is 2. The zero-order valence-electron chi connectivity index (χ0n) is 20.5. The van der Waals surface area contributed by atoms with E-state index in [1.165, 1.54) is 0 Å². The smallest absolute Gasteiger partial charge is 0.255 e. The molecular formula is C26H34N6O2S. The van der Waals surface area contributed by atoms with E-state index in [9.17, 15) is 9.59 Å². The SMILES string of the molecule is Cc1nc(C)c(N2CN(c3ccccc3)C3(CCN(C(=O)C4CCC5NNCC5C4)CC3)C2=O)s1. The van der Waals surface area contributed by atoms with Gasteiger partial charge in [0, 0.05) is 37.3 Å². The molecule has 4 aliphatic rings. The third-order valence-corrected chi connectivity index (χ3v) is 9.62. The van der Waals surface area contributed by atoms with Crippen molar-refractivity contribution >= 4 is 33.8 Å². The van der Waals surface area contributed by atoms with Gasteiger partial charge in [-0.15, -0.1) is 11.3 Å². The van der Waals surface area contributed by atoms with Crippen LogP contribution in [0, 0.1) is 25.7 Å². The van der Waals surface area contributed by atoms with Crippen LogP contribution in [0.3, 0.4) is 0 Å². The highest BCUT2D eigenvalue weighted by atomic mass is 32.1. The van der Waals surface area contributed by atoms with Crippen LogP contribution in [0.4, 0.5) is 10.7 Å².